The number of hydrogen-bond acceptors (Lipinski definition) is 1. The van der Waals surface area contributed by atoms with Crippen molar-refractivity contribution in [1.82, 2.24) is 5.32 Å². The summed E-state index contributed by atoms with van der Waals surface area (Å²) in [4.78, 5) is 0. The number of halogens is 2. The monoisotopic (exact) mass is 231 g/mol. The molecule has 0 saturated carbocycles. The van der Waals surface area contributed by atoms with Gasteiger partial charge in [-0.2, -0.15) is 0 Å². The fourth-order valence-corrected chi connectivity index (χ4v) is 1.48. The van der Waals surface area contributed by atoms with Gasteiger partial charge in [0.1, 0.15) is 0 Å². The van der Waals surface area contributed by atoms with Crippen molar-refractivity contribution < 1.29 is 0 Å². The normalized spacial score (nSPS) is 10.9. The van der Waals surface area contributed by atoms with E-state index < -0.39 is 0 Å². The molecule has 0 saturated heterocycles. The molecule has 0 aliphatic rings. The Morgan fingerprint density at radius 3 is 2.50 bits per heavy atom. The van der Waals surface area contributed by atoms with Crippen molar-refractivity contribution in [3.63, 3.8) is 0 Å². The fourth-order valence-electron chi connectivity index (χ4n) is 1.15. The molecule has 0 spiro atoms. The highest BCUT2D eigenvalue weighted by molar-refractivity contribution is 6.42. The molecular formula is C11H15Cl2N. The molecule has 14 heavy (non-hydrogen) atoms. The van der Waals surface area contributed by atoms with Crippen LogP contribution in [0.5, 0.6) is 0 Å². The SMILES string of the molecule is CC(C)CNCc1ccc(Cl)c(Cl)c1. The number of rotatable bonds is 4. The maximum atomic E-state index is 5.90. The molecular weight excluding hydrogens is 217 g/mol. The molecule has 0 bridgehead atoms. The minimum atomic E-state index is 0.610. The van der Waals surface area contributed by atoms with Crippen LogP contribution in [0.25, 0.3) is 0 Å². The van der Waals surface area contributed by atoms with Crippen LogP contribution in [0.2, 0.25) is 10.0 Å². The molecule has 0 heterocycles. The third kappa shape index (κ3) is 3.87. The highest BCUT2D eigenvalue weighted by Gasteiger charge is 1.99. The van der Waals surface area contributed by atoms with Crippen LogP contribution in [0, 0.1) is 5.92 Å². The first-order chi connectivity index (χ1) is 6.59. The van der Waals surface area contributed by atoms with E-state index in [4.69, 9.17) is 23.2 Å². The lowest BCUT2D eigenvalue weighted by atomic mass is 10.2. The first-order valence-electron chi connectivity index (χ1n) is 4.74. The molecule has 1 aromatic carbocycles. The fraction of sp³-hybridized carbons (Fsp3) is 0.455. The van der Waals surface area contributed by atoms with E-state index in [1.165, 1.54) is 5.56 Å². The van der Waals surface area contributed by atoms with Gasteiger partial charge in [0, 0.05) is 6.54 Å². The van der Waals surface area contributed by atoms with Gasteiger partial charge in [-0.15, -0.1) is 0 Å². The average Bonchev–Trinajstić information content (AvgIpc) is 2.10. The third-order valence-electron chi connectivity index (χ3n) is 1.87. The molecule has 3 heteroatoms. The molecule has 0 aliphatic carbocycles. The molecule has 0 unspecified atom stereocenters. The van der Waals surface area contributed by atoms with Gasteiger partial charge in [-0.05, 0) is 30.2 Å². The zero-order chi connectivity index (χ0) is 10.6. The predicted molar refractivity (Wildman–Crippen MR) is 63.0 cm³/mol. The second kappa shape index (κ2) is 5.59. The quantitative estimate of drug-likeness (QED) is 0.833. The van der Waals surface area contributed by atoms with E-state index in [1.807, 2.05) is 18.2 Å². The van der Waals surface area contributed by atoms with Crippen molar-refractivity contribution in [2.24, 2.45) is 5.92 Å². The summed E-state index contributed by atoms with van der Waals surface area (Å²) >= 11 is 11.7. The summed E-state index contributed by atoms with van der Waals surface area (Å²) in [6.07, 6.45) is 0. The Labute approximate surface area is 95.4 Å². The van der Waals surface area contributed by atoms with Gasteiger partial charge in [-0.25, -0.2) is 0 Å². The first-order valence-corrected chi connectivity index (χ1v) is 5.50. The predicted octanol–water partition coefficient (Wildman–Crippen LogP) is 3.74. The van der Waals surface area contributed by atoms with Crippen molar-refractivity contribution >= 4 is 23.2 Å². The molecule has 0 aliphatic heterocycles. The summed E-state index contributed by atoms with van der Waals surface area (Å²) in [5, 5.41) is 4.58. The standard InChI is InChI=1S/C11H15Cl2N/c1-8(2)6-14-7-9-3-4-10(12)11(13)5-9/h3-5,8,14H,6-7H2,1-2H3. The van der Waals surface area contributed by atoms with Gasteiger partial charge in [0.15, 0.2) is 0 Å². The highest BCUT2D eigenvalue weighted by atomic mass is 35.5. The van der Waals surface area contributed by atoms with Gasteiger partial charge in [-0.3, -0.25) is 0 Å². The lowest BCUT2D eigenvalue weighted by Gasteiger charge is -2.07. The van der Waals surface area contributed by atoms with Crippen LogP contribution in [-0.2, 0) is 6.54 Å². The molecule has 0 radical (unpaired) electrons. The number of hydrogen-bond donors (Lipinski definition) is 1. The van der Waals surface area contributed by atoms with Gasteiger partial charge in [-0.1, -0.05) is 43.1 Å². The lowest BCUT2D eigenvalue weighted by molar-refractivity contribution is 0.552. The largest absolute Gasteiger partial charge is 0.312 e. The summed E-state index contributed by atoms with van der Waals surface area (Å²) < 4.78 is 0. The highest BCUT2D eigenvalue weighted by Crippen LogP contribution is 2.22. The van der Waals surface area contributed by atoms with Gasteiger partial charge in [0.25, 0.3) is 0 Å². The summed E-state index contributed by atoms with van der Waals surface area (Å²) in [5.74, 6) is 0.665. The third-order valence-corrected chi connectivity index (χ3v) is 2.60. The molecule has 0 amide bonds. The molecule has 0 aromatic heterocycles. The van der Waals surface area contributed by atoms with Crippen LogP contribution < -0.4 is 5.32 Å². The van der Waals surface area contributed by atoms with Gasteiger partial charge in [0.05, 0.1) is 10.0 Å². The van der Waals surface area contributed by atoms with Crippen molar-refractivity contribution in [2.75, 3.05) is 6.54 Å². The molecule has 0 atom stereocenters. The minimum absolute atomic E-state index is 0.610. The Bertz CT molecular complexity index is 297. The van der Waals surface area contributed by atoms with Crippen LogP contribution in [0.15, 0.2) is 18.2 Å². The number of nitrogens with one attached hydrogen (secondary N) is 1. The molecule has 78 valence electrons. The summed E-state index contributed by atoms with van der Waals surface area (Å²) in [6, 6.07) is 5.72. The number of benzene rings is 1. The smallest absolute Gasteiger partial charge is 0.0595 e. The average molecular weight is 232 g/mol. The van der Waals surface area contributed by atoms with Gasteiger partial charge >= 0.3 is 0 Å². The van der Waals surface area contributed by atoms with Crippen molar-refractivity contribution in [2.45, 2.75) is 20.4 Å². The van der Waals surface area contributed by atoms with Crippen LogP contribution in [0.3, 0.4) is 0 Å². The maximum absolute atomic E-state index is 5.90. The van der Waals surface area contributed by atoms with Crippen LogP contribution in [0.4, 0.5) is 0 Å². The van der Waals surface area contributed by atoms with E-state index in [2.05, 4.69) is 19.2 Å². The Balaban J connectivity index is 2.47. The van der Waals surface area contributed by atoms with Crippen LogP contribution in [0.1, 0.15) is 19.4 Å². The topological polar surface area (TPSA) is 12.0 Å². The van der Waals surface area contributed by atoms with E-state index in [-0.39, 0.29) is 0 Å². The lowest BCUT2D eigenvalue weighted by Crippen LogP contribution is -2.18. The second-order valence-corrected chi connectivity index (χ2v) is 4.59. The van der Waals surface area contributed by atoms with Crippen LogP contribution in [-0.4, -0.2) is 6.54 Å². The summed E-state index contributed by atoms with van der Waals surface area (Å²) in [5.41, 5.74) is 1.17. The molecule has 0 fully saturated rings. The molecule has 1 aromatic rings. The van der Waals surface area contributed by atoms with E-state index in [0.29, 0.717) is 16.0 Å². The van der Waals surface area contributed by atoms with E-state index in [9.17, 15) is 0 Å². The maximum Gasteiger partial charge on any atom is 0.0595 e. The second-order valence-electron chi connectivity index (χ2n) is 3.77. The Kier molecular flexibility index (Phi) is 4.73. The summed E-state index contributed by atoms with van der Waals surface area (Å²) in [7, 11) is 0. The van der Waals surface area contributed by atoms with E-state index in [0.717, 1.165) is 13.1 Å². The Morgan fingerprint density at radius 2 is 1.93 bits per heavy atom. The Hall–Kier alpha value is -0.240. The molecule has 1 rings (SSSR count). The van der Waals surface area contributed by atoms with Crippen molar-refractivity contribution in [1.29, 1.82) is 0 Å². The van der Waals surface area contributed by atoms with Crippen molar-refractivity contribution in [3.8, 4) is 0 Å². The van der Waals surface area contributed by atoms with Gasteiger partial charge in [0.2, 0.25) is 0 Å². The summed E-state index contributed by atoms with van der Waals surface area (Å²) in [6.45, 7) is 6.22. The first kappa shape index (κ1) is 11.8. The zero-order valence-corrected chi connectivity index (χ0v) is 9.99. The van der Waals surface area contributed by atoms with E-state index in [1.54, 1.807) is 0 Å². The van der Waals surface area contributed by atoms with Crippen molar-refractivity contribution in [3.05, 3.63) is 33.8 Å². The van der Waals surface area contributed by atoms with Gasteiger partial charge < -0.3 is 5.32 Å². The molecule has 1 N–H and O–H groups in total. The zero-order valence-electron chi connectivity index (χ0n) is 8.48. The molecule has 1 nitrogen and oxygen atoms in total. The van der Waals surface area contributed by atoms with E-state index >= 15 is 0 Å². The Morgan fingerprint density at radius 1 is 1.21 bits per heavy atom. The van der Waals surface area contributed by atoms with Crippen LogP contribution >= 0.6 is 23.2 Å². The minimum Gasteiger partial charge on any atom is -0.312 e.